The maximum absolute atomic E-state index is 11.9. The van der Waals surface area contributed by atoms with Crippen molar-refractivity contribution < 1.29 is 145 Å². The number of aliphatic carboxylic acids is 4. The number of amides is 2. The molecule has 3 aromatic rings. The van der Waals surface area contributed by atoms with Crippen molar-refractivity contribution in [3.8, 4) is 18.3 Å². The number of carboxylic acids is 4. The third-order valence-corrected chi connectivity index (χ3v) is 23.4. The molecule has 0 bridgehead atoms. The summed E-state index contributed by atoms with van der Waals surface area (Å²) in [6.07, 6.45) is 21.0. The van der Waals surface area contributed by atoms with Gasteiger partial charge in [-0.05, 0) is 281 Å². The van der Waals surface area contributed by atoms with E-state index in [-0.39, 0.29) is 115 Å². The predicted molar refractivity (Wildman–Crippen MR) is 576 cm³/mol. The van der Waals surface area contributed by atoms with Gasteiger partial charge in [0.1, 0.15) is 52.0 Å². The molecule has 3 aromatic carbocycles. The average molecular weight is 2100 g/mol. The molecule has 0 radical (unpaired) electrons. The van der Waals surface area contributed by atoms with Gasteiger partial charge in [-0.15, -0.1) is 5.26 Å². The Morgan fingerprint density at radius 3 is 1.06 bits per heavy atom. The van der Waals surface area contributed by atoms with Crippen LogP contribution in [-0.4, -0.2) is 189 Å². The number of carbonyl (C=O) groups is 14. The zero-order chi connectivity index (χ0) is 118. The molecular formula is C113H182N6O30. The number of nitriles is 2. The van der Waals surface area contributed by atoms with Crippen LogP contribution in [0.3, 0.4) is 0 Å². The van der Waals surface area contributed by atoms with Crippen LogP contribution in [-0.2, 0) is 121 Å². The molecule has 0 fully saturated rings. The number of methoxy groups -OCH3 is 2. The van der Waals surface area contributed by atoms with Crippen molar-refractivity contribution in [2.24, 2.45) is 64.1 Å². The maximum atomic E-state index is 11.9. The maximum Gasteiger partial charge on any atom is 0.337 e. The highest BCUT2D eigenvalue weighted by molar-refractivity contribution is 5.96. The second kappa shape index (κ2) is 83.7. The highest BCUT2D eigenvalue weighted by Gasteiger charge is 2.33. The Balaban J connectivity index is -0.000000208. The van der Waals surface area contributed by atoms with E-state index in [0.717, 1.165) is 75.3 Å². The molecule has 0 unspecified atom stereocenters. The summed E-state index contributed by atoms with van der Waals surface area (Å²) in [6, 6.07) is 21.6. The third-order valence-electron chi connectivity index (χ3n) is 23.4. The summed E-state index contributed by atoms with van der Waals surface area (Å²) in [7, 11) is 2.75. The third kappa shape index (κ3) is 79.6. The Labute approximate surface area is 888 Å². The molecule has 0 saturated carbocycles. The van der Waals surface area contributed by atoms with Crippen molar-refractivity contribution in [2.45, 2.75) is 344 Å². The highest BCUT2D eigenvalue weighted by atomic mass is 16.6. The molecule has 6 N–H and O–H groups in total. The van der Waals surface area contributed by atoms with Gasteiger partial charge in [0.2, 0.25) is 24.0 Å². The number of nitrogens with zero attached hydrogens (tertiary/aromatic N) is 4. The van der Waals surface area contributed by atoms with E-state index in [1.807, 2.05) is 190 Å². The van der Waals surface area contributed by atoms with Gasteiger partial charge < -0.3 is 78.4 Å². The number of hydrogen-bond donors (Lipinski definition) is 6. The second-order valence-electron chi connectivity index (χ2n) is 40.2. The van der Waals surface area contributed by atoms with E-state index in [9.17, 15) is 76.7 Å². The number of aliphatic imine (C=N–C) groups is 2. The van der Waals surface area contributed by atoms with Crippen molar-refractivity contribution in [3.63, 3.8) is 0 Å². The van der Waals surface area contributed by atoms with Crippen LogP contribution in [0.5, 0.6) is 5.75 Å². The zero-order valence-corrected chi connectivity index (χ0v) is 96.2. The van der Waals surface area contributed by atoms with E-state index in [4.69, 9.17) is 64.1 Å². The number of benzene rings is 3. The van der Waals surface area contributed by atoms with Crippen LogP contribution in [0.25, 0.3) is 0 Å². The summed E-state index contributed by atoms with van der Waals surface area (Å²) < 4.78 is 47.6. The molecule has 0 heterocycles. The van der Waals surface area contributed by atoms with Crippen molar-refractivity contribution in [1.82, 2.24) is 5.32 Å². The first-order valence-electron chi connectivity index (χ1n) is 49.8. The summed E-state index contributed by atoms with van der Waals surface area (Å²) in [6.45, 7) is 73.4. The molecule has 36 nitrogen and oxygen atoms in total. The second-order valence-corrected chi connectivity index (χ2v) is 40.2. The first-order valence-corrected chi connectivity index (χ1v) is 49.8. The van der Waals surface area contributed by atoms with Crippen LogP contribution in [0, 0.1) is 77.2 Å². The first-order chi connectivity index (χ1) is 68.8. The van der Waals surface area contributed by atoms with Crippen molar-refractivity contribution in [3.05, 3.63) is 127 Å². The standard InChI is InChI=1S/C15H10N2O2.C14H19NO3.C12H20O6.C12H20O4.C9H19NO.2C9H16O2.C8H12N2O2.C7H14O2.3C6H12O2/c16-10-19-15-7-3-13(4-8-15)9-12-1-5-14(6-2-12)17-11-18;1-5-14(2,3)13(17)15-11-8-6-10(7-9-11)12(16)18-4;1-4-12(2,3)11(16)18-8-7-17-10(15)6-5-9(13)14;1-6-12(4,5)11(14)16-8-7-15-10(13)9(2)3;1-6-9(4,5)8(11)10-7(2)3;2*1-5-7-11-8(10)9(3,4)6-2;9-7-12-6-4-2-1-3-5-10-8-11;1-5-7(2,3)6(8)9-4;3*1-4-6(2,3)5(7)8/h1-8H,9H2;6-9H,5H2,1-4H3,(H,15,17);4-8H2,1-3H3,(H,13,14);2,6-8H2,1,3-5H3;7H,6H2,1-5H3,(H,10,11);2*5H,1,6-7H2,2-4H3;1-6H2;5H2,1-4H3;3*4H2,1-3H3,(H,7,8). The van der Waals surface area contributed by atoms with Crippen LogP contribution in [0.2, 0.25) is 0 Å². The summed E-state index contributed by atoms with van der Waals surface area (Å²) in [5.41, 5.74) is -0.0236. The molecule has 0 aliphatic rings. The lowest BCUT2D eigenvalue weighted by atomic mass is 9.89. The highest BCUT2D eigenvalue weighted by Crippen LogP contribution is 2.29. The molecular weight excluding hydrogens is 1920 g/mol. The Bertz CT molecular complexity index is 4530. The zero-order valence-electron chi connectivity index (χ0n) is 96.2. The van der Waals surface area contributed by atoms with Crippen LogP contribution >= 0.6 is 0 Å². The summed E-state index contributed by atoms with van der Waals surface area (Å²) in [4.78, 5) is 180. The van der Waals surface area contributed by atoms with E-state index in [2.05, 4.69) is 54.6 Å². The number of ether oxygens (including phenoxy) is 10. The predicted octanol–water partition coefficient (Wildman–Crippen LogP) is 23.2. The molecule has 0 aromatic heterocycles. The number of esters is 8. The summed E-state index contributed by atoms with van der Waals surface area (Å²) >= 11 is 0. The number of nitrogens with one attached hydrogen (secondary N) is 2. The number of rotatable bonds is 48. The molecule has 0 aliphatic carbocycles. The largest absolute Gasteiger partial charge is 0.481 e. The lowest BCUT2D eigenvalue weighted by Crippen LogP contribution is -2.40. The average Bonchev–Trinajstić information content (AvgIpc) is 0.832. The fourth-order valence-corrected chi connectivity index (χ4v) is 7.87. The first kappa shape index (κ1) is 153. The van der Waals surface area contributed by atoms with Crippen molar-refractivity contribution in [2.75, 3.05) is 72.3 Å². The van der Waals surface area contributed by atoms with E-state index >= 15 is 0 Å². The van der Waals surface area contributed by atoms with E-state index in [1.54, 1.807) is 136 Å². The minimum absolute atomic E-state index is 0.0128. The number of anilines is 1. The smallest absolute Gasteiger partial charge is 0.337 e. The Kier molecular flexibility index (Phi) is 86.2. The number of carbonyl (C=O) groups excluding carboxylic acids is 12. The molecule has 0 saturated heterocycles. The molecule has 0 aliphatic heterocycles. The lowest BCUT2D eigenvalue weighted by molar-refractivity contribution is -0.159. The molecule has 844 valence electrons. The van der Waals surface area contributed by atoms with Gasteiger partial charge in [0.15, 0.2) is 0 Å². The van der Waals surface area contributed by atoms with Crippen molar-refractivity contribution in [1.29, 1.82) is 10.5 Å². The van der Waals surface area contributed by atoms with Gasteiger partial charge in [-0.25, -0.2) is 24.2 Å². The molecule has 36 heteroatoms. The van der Waals surface area contributed by atoms with Crippen LogP contribution < -0.4 is 15.4 Å². The molecule has 0 spiro atoms. The van der Waals surface area contributed by atoms with Gasteiger partial charge in [0.25, 0.3) is 12.5 Å². The Morgan fingerprint density at radius 2 is 0.758 bits per heavy atom. The summed E-state index contributed by atoms with van der Waals surface area (Å²) in [5, 5.41) is 55.8. The number of unbranched alkanes of at least 4 members (excludes halogenated alkanes) is 3. The van der Waals surface area contributed by atoms with Gasteiger partial charge in [-0.1, -0.05) is 160 Å². The number of carboxylic acid groups (broad SMARTS) is 4. The van der Waals surface area contributed by atoms with Crippen LogP contribution in [0.1, 0.15) is 353 Å². The fourth-order valence-electron chi connectivity index (χ4n) is 7.87. The molecule has 2 amide bonds. The Morgan fingerprint density at radius 1 is 0.409 bits per heavy atom. The minimum atomic E-state index is -1.05. The fraction of sp³-hybridized carbons (Fsp3) is 0.628. The number of hydrogen-bond acceptors (Lipinski definition) is 30. The van der Waals surface area contributed by atoms with Gasteiger partial charge >= 0.3 is 71.6 Å². The summed E-state index contributed by atoms with van der Waals surface area (Å²) in [5.74, 6) is -5.09. The van der Waals surface area contributed by atoms with Gasteiger partial charge in [-0.3, -0.25) is 57.5 Å². The van der Waals surface area contributed by atoms with Gasteiger partial charge in [-0.2, -0.15) is 10.3 Å². The van der Waals surface area contributed by atoms with E-state index in [1.165, 1.54) is 26.4 Å². The van der Waals surface area contributed by atoms with E-state index < -0.39 is 68.3 Å². The number of isocyanates is 2. The van der Waals surface area contributed by atoms with Crippen molar-refractivity contribution >= 4 is 107 Å². The Hall–Kier alpha value is -13.2. The van der Waals surface area contributed by atoms with E-state index in [0.29, 0.717) is 86.7 Å². The molecule has 0 atom stereocenters. The monoisotopic (exact) mass is 2100 g/mol. The van der Waals surface area contributed by atoms with Crippen LogP contribution in [0.15, 0.2) is 120 Å². The SMILES string of the molecule is C=C(C)C(=O)OCCOC(=O)C(C)(C)CC.C=CCOC(=O)C(C)(C)CC.C=CCOC(=O)C(C)(C)CC.CCC(C)(C)C(=O)NC(C)C.CCC(C)(C)C(=O)Nc1ccc(C(=O)OC)cc1.CCC(C)(C)C(=O)O.CCC(C)(C)C(=O)O.CCC(C)(C)C(=O)O.CCC(C)(C)C(=O)OC.CCC(C)(C)C(=O)OCCOC(=O)CCC(=O)O.N#COCCCCCCN=C=O.N#COc1ccc(Cc2ccc(N=C=O)cc2)cc1. The quantitative estimate of drug-likeness (QED) is 0.00447. The molecule has 3 rings (SSSR count). The van der Waals surface area contributed by atoms with Gasteiger partial charge in [0.05, 0.1) is 88.2 Å². The molecule has 149 heavy (non-hydrogen) atoms. The lowest BCUT2D eigenvalue weighted by Gasteiger charge is -2.22. The normalized spacial score (nSPS) is 10.6. The van der Waals surface area contributed by atoms with Gasteiger partial charge in [0, 0.05) is 28.1 Å². The topological polar surface area (TPSA) is 543 Å². The minimum Gasteiger partial charge on any atom is -0.481 e. The van der Waals surface area contributed by atoms with Crippen LogP contribution in [0.4, 0.5) is 11.4 Å².